The van der Waals surface area contributed by atoms with Crippen molar-refractivity contribution in [3.63, 3.8) is 0 Å². The number of para-hydroxylation sites is 1. The van der Waals surface area contributed by atoms with E-state index in [-0.39, 0.29) is 22.6 Å². The van der Waals surface area contributed by atoms with Gasteiger partial charge in [0, 0.05) is 23.5 Å². The first kappa shape index (κ1) is 14.7. The number of pyridine rings is 1. The van der Waals surface area contributed by atoms with Gasteiger partial charge in [0.25, 0.3) is 0 Å². The number of alkyl halides is 4. The van der Waals surface area contributed by atoms with Gasteiger partial charge >= 0.3 is 6.18 Å². The molecule has 2 rings (SSSR count). The van der Waals surface area contributed by atoms with Gasteiger partial charge in [-0.05, 0) is 19.1 Å². The second-order valence-electron chi connectivity index (χ2n) is 4.32. The number of halogens is 4. The van der Waals surface area contributed by atoms with Crippen LogP contribution in [-0.2, 0) is 12.1 Å². The molecule has 0 N–H and O–H groups in total. The number of hydrogen-bond donors (Lipinski definition) is 0. The molecule has 0 spiro atoms. The van der Waals surface area contributed by atoms with Gasteiger partial charge < -0.3 is 4.57 Å². The monoisotopic (exact) mass is 301 g/mol. The van der Waals surface area contributed by atoms with Crippen LogP contribution in [0.15, 0.2) is 41.3 Å². The first-order valence-corrected chi connectivity index (χ1v) is 6.33. The zero-order valence-electron chi connectivity index (χ0n) is 10.5. The number of hydrogen-bond acceptors (Lipinski definition) is 1. The molecule has 6 heteroatoms. The fourth-order valence-corrected chi connectivity index (χ4v) is 2.16. The smallest absolute Gasteiger partial charge is 0.320 e. The lowest BCUT2D eigenvalue weighted by molar-refractivity contribution is -0.137. The summed E-state index contributed by atoms with van der Waals surface area (Å²) in [6.07, 6.45) is -3.11. The maximum absolute atomic E-state index is 13.0. The van der Waals surface area contributed by atoms with Gasteiger partial charge in [0.1, 0.15) is 0 Å². The van der Waals surface area contributed by atoms with Crippen LogP contribution < -0.4 is 5.43 Å². The van der Waals surface area contributed by atoms with Crippen LogP contribution in [0.1, 0.15) is 16.8 Å². The Balaban J connectivity index is 2.72. The van der Waals surface area contributed by atoms with Crippen LogP contribution in [0.5, 0.6) is 0 Å². The molecule has 2 nitrogen and oxygen atoms in total. The molecule has 0 saturated heterocycles. The van der Waals surface area contributed by atoms with Crippen LogP contribution >= 0.6 is 11.6 Å². The predicted octanol–water partition coefficient (Wildman–Crippen LogP) is 3.90. The van der Waals surface area contributed by atoms with Crippen molar-refractivity contribution >= 4 is 11.6 Å². The van der Waals surface area contributed by atoms with E-state index in [1.165, 1.54) is 35.0 Å². The van der Waals surface area contributed by atoms with Gasteiger partial charge in [-0.2, -0.15) is 13.2 Å². The molecule has 20 heavy (non-hydrogen) atoms. The summed E-state index contributed by atoms with van der Waals surface area (Å²) in [6.45, 7) is 1.58. The van der Waals surface area contributed by atoms with Crippen LogP contribution in [0.3, 0.4) is 0 Å². The van der Waals surface area contributed by atoms with Crippen molar-refractivity contribution in [3.05, 3.63) is 63.6 Å². The minimum atomic E-state index is -4.46. The zero-order valence-corrected chi connectivity index (χ0v) is 11.3. The average Bonchev–Trinajstić information content (AvgIpc) is 2.38. The zero-order chi connectivity index (χ0) is 14.9. The highest BCUT2D eigenvalue weighted by atomic mass is 35.5. The van der Waals surface area contributed by atoms with Crippen molar-refractivity contribution in [2.75, 3.05) is 0 Å². The summed E-state index contributed by atoms with van der Waals surface area (Å²) in [5.74, 6) is -0.0483. The fraction of sp³-hybridized carbons (Fsp3) is 0.214. The van der Waals surface area contributed by atoms with Gasteiger partial charge in [0.05, 0.1) is 17.1 Å². The van der Waals surface area contributed by atoms with Crippen molar-refractivity contribution < 1.29 is 13.2 Å². The summed E-state index contributed by atoms with van der Waals surface area (Å²) < 4.78 is 40.4. The van der Waals surface area contributed by atoms with Crippen molar-refractivity contribution in [1.29, 1.82) is 0 Å². The second-order valence-corrected chi connectivity index (χ2v) is 4.59. The summed E-state index contributed by atoms with van der Waals surface area (Å²) in [7, 11) is 0. The summed E-state index contributed by atoms with van der Waals surface area (Å²) in [6, 6.07) is 6.49. The molecule has 0 unspecified atom stereocenters. The molecule has 0 atom stereocenters. The molecule has 0 aliphatic rings. The maximum Gasteiger partial charge on any atom is 0.418 e. The SMILES string of the molecule is Cc1cc(=O)c(CCl)cn1-c1ccccc1C(F)(F)F. The summed E-state index contributed by atoms with van der Waals surface area (Å²) >= 11 is 5.64. The molecule has 106 valence electrons. The van der Waals surface area contributed by atoms with Crippen molar-refractivity contribution in [3.8, 4) is 5.69 Å². The van der Waals surface area contributed by atoms with Crippen LogP contribution in [0.4, 0.5) is 13.2 Å². The number of nitrogens with zero attached hydrogens (tertiary/aromatic N) is 1. The van der Waals surface area contributed by atoms with E-state index in [4.69, 9.17) is 11.6 Å². The summed E-state index contributed by atoms with van der Waals surface area (Å²) in [5, 5.41) is 0. The third kappa shape index (κ3) is 2.72. The lowest BCUT2D eigenvalue weighted by atomic mass is 10.1. The van der Waals surface area contributed by atoms with Gasteiger partial charge in [-0.15, -0.1) is 11.6 Å². The molecule has 0 fully saturated rings. The lowest BCUT2D eigenvalue weighted by Gasteiger charge is -2.17. The van der Waals surface area contributed by atoms with Crippen LogP contribution in [0.25, 0.3) is 5.69 Å². The van der Waals surface area contributed by atoms with E-state index in [0.29, 0.717) is 5.69 Å². The van der Waals surface area contributed by atoms with Crippen LogP contribution in [-0.4, -0.2) is 4.57 Å². The van der Waals surface area contributed by atoms with E-state index in [1.807, 2.05) is 0 Å². The lowest BCUT2D eigenvalue weighted by Crippen LogP contribution is -2.16. The van der Waals surface area contributed by atoms with E-state index in [9.17, 15) is 18.0 Å². The Morgan fingerprint density at radius 3 is 2.50 bits per heavy atom. The predicted molar refractivity (Wildman–Crippen MR) is 71.3 cm³/mol. The quantitative estimate of drug-likeness (QED) is 0.771. The van der Waals surface area contributed by atoms with Gasteiger partial charge in [0.2, 0.25) is 0 Å². The standard InChI is InChI=1S/C14H11ClF3NO/c1-9-6-13(20)10(7-15)8-19(9)12-5-3-2-4-11(12)14(16,17)18/h2-6,8H,7H2,1H3. The Kier molecular flexibility index (Phi) is 3.90. The highest BCUT2D eigenvalue weighted by Gasteiger charge is 2.33. The van der Waals surface area contributed by atoms with E-state index < -0.39 is 11.7 Å². The van der Waals surface area contributed by atoms with E-state index in [1.54, 1.807) is 6.92 Å². The molecule has 0 amide bonds. The Bertz CT molecular complexity index is 692. The van der Waals surface area contributed by atoms with Crippen molar-refractivity contribution in [1.82, 2.24) is 4.57 Å². The summed E-state index contributed by atoms with van der Waals surface area (Å²) in [4.78, 5) is 11.6. The Hall–Kier alpha value is -1.75. The molecule has 1 aromatic heterocycles. The number of aromatic nitrogens is 1. The third-order valence-electron chi connectivity index (χ3n) is 2.93. The maximum atomic E-state index is 13.0. The highest BCUT2D eigenvalue weighted by molar-refractivity contribution is 6.17. The molecule has 0 radical (unpaired) electrons. The van der Waals surface area contributed by atoms with Crippen LogP contribution in [0, 0.1) is 6.92 Å². The highest BCUT2D eigenvalue weighted by Crippen LogP contribution is 2.34. The van der Waals surface area contributed by atoms with Gasteiger partial charge in [-0.25, -0.2) is 0 Å². The van der Waals surface area contributed by atoms with E-state index in [0.717, 1.165) is 6.07 Å². The number of rotatable bonds is 2. The van der Waals surface area contributed by atoms with Gasteiger partial charge in [-0.3, -0.25) is 4.79 Å². The molecule has 0 aliphatic carbocycles. The molecule has 0 aliphatic heterocycles. The molecule has 2 aromatic rings. The number of benzene rings is 1. The number of aryl methyl sites for hydroxylation is 1. The normalized spacial score (nSPS) is 11.7. The van der Waals surface area contributed by atoms with Crippen molar-refractivity contribution in [2.24, 2.45) is 0 Å². The second kappa shape index (κ2) is 5.32. The third-order valence-corrected chi connectivity index (χ3v) is 3.22. The molecular weight excluding hydrogens is 291 g/mol. The molecule has 0 saturated carbocycles. The minimum Gasteiger partial charge on any atom is -0.320 e. The minimum absolute atomic E-state index is 0.0242. The Morgan fingerprint density at radius 1 is 1.25 bits per heavy atom. The molecule has 1 heterocycles. The molecular formula is C14H11ClF3NO. The van der Waals surface area contributed by atoms with E-state index >= 15 is 0 Å². The van der Waals surface area contributed by atoms with Crippen LogP contribution in [0.2, 0.25) is 0 Å². The summed E-state index contributed by atoms with van der Waals surface area (Å²) in [5.41, 5.74) is -0.385. The largest absolute Gasteiger partial charge is 0.418 e. The van der Waals surface area contributed by atoms with Gasteiger partial charge in [-0.1, -0.05) is 12.1 Å². The first-order valence-electron chi connectivity index (χ1n) is 5.79. The molecule has 0 bridgehead atoms. The van der Waals surface area contributed by atoms with Crippen molar-refractivity contribution in [2.45, 2.75) is 19.0 Å². The average molecular weight is 302 g/mol. The Morgan fingerprint density at radius 2 is 1.90 bits per heavy atom. The van der Waals surface area contributed by atoms with E-state index in [2.05, 4.69) is 0 Å². The molecule has 1 aromatic carbocycles. The fourth-order valence-electron chi connectivity index (χ4n) is 1.96. The first-order chi connectivity index (χ1) is 9.34. The topological polar surface area (TPSA) is 22.0 Å². The Labute approximate surface area is 118 Å². The van der Waals surface area contributed by atoms with Gasteiger partial charge in [0.15, 0.2) is 5.43 Å².